The van der Waals surface area contributed by atoms with Crippen LogP contribution in [-0.4, -0.2) is 36.2 Å². The van der Waals surface area contributed by atoms with E-state index in [4.69, 9.17) is 0 Å². The number of piperidine rings is 1. The number of phenolic OH excluding ortho intramolecular Hbond substituents is 1. The van der Waals surface area contributed by atoms with Gasteiger partial charge in [0, 0.05) is 11.6 Å². The van der Waals surface area contributed by atoms with Gasteiger partial charge in [0.05, 0.1) is 0 Å². The average Bonchev–Trinajstić information content (AvgIpc) is 2.47. The van der Waals surface area contributed by atoms with Gasteiger partial charge in [0.15, 0.2) is 0 Å². The maximum atomic E-state index is 13.2. The zero-order chi connectivity index (χ0) is 14.5. The average molecular weight is 280 g/mol. The van der Waals surface area contributed by atoms with E-state index in [2.05, 4.69) is 17.1 Å². The Labute approximate surface area is 120 Å². The summed E-state index contributed by atoms with van der Waals surface area (Å²) in [7, 11) is 0. The van der Waals surface area contributed by atoms with Crippen molar-refractivity contribution in [1.82, 2.24) is 10.2 Å². The molecule has 0 aromatic heterocycles. The number of hydrogen-bond donors (Lipinski definition) is 2. The second-order valence-electron chi connectivity index (χ2n) is 5.71. The van der Waals surface area contributed by atoms with Gasteiger partial charge < -0.3 is 15.3 Å². The second kappa shape index (κ2) is 7.04. The fourth-order valence-electron chi connectivity index (χ4n) is 2.83. The summed E-state index contributed by atoms with van der Waals surface area (Å²) in [4.78, 5) is 2.47. The van der Waals surface area contributed by atoms with E-state index in [0.29, 0.717) is 11.5 Å². The van der Waals surface area contributed by atoms with Gasteiger partial charge in [-0.3, -0.25) is 0 Å². The van der Waals surface area contributed by atoms with Crippen LogP contribution in [0.1, 0.15) is 38.3 Å². The molecule has 0 spiro atoms. The fourth-order valence-corrected chi connectivity index (χ4v) is 2.83. The molecule has 0 radical (unpaired) electrons. The quantitative estimate of drug-likeness (QED) is 0.870. The molecule has 1 aromatic rings. The number of nitrogens with zero attached hydrogens (tertiary/aromatic N) is 1. The van der Waals surface area contributed by atoms with Crippen LogP contribution in [0.4, 0.5) is 4.39 Å². The number of nitrogens with one attached hydrogen (secondary N) is 1. The van der Waals surface area contributed by atoms with Crippen molar-refractivity contribution in [1.29, 1.82) is 0 Å². The molecule has 1 fully saturated rings. The molecule has 20 heavy (non-hydrogen) atoms. The fraction of sp³-hybridized carbons (Fsp3) is 0.625. The first-order valence-corrected chi connectivity index (χ1v) is 7.54. The third kappa shape index (κ3) is 3.93. The molecule has 1 aromatic carbocycles. The molecule has 0 amide bonds. The van der Waals surface area contributed by atoms with E-state index in [1.807, 2.05) is 6.92 Å². The van der Waals surface area contributed by atoms with E-state index in [9.17, 15) is 9.50 Å². The van der Waals surface area contributed by atoms with Gasteiger partial charge in [0.1, 0.15) is 11.6 Å². The van der Waals surface area contributed by atoms with Crippen molar-refractivity contribution >= 4 is 0 Å². The smallest absolute Gasteiger partial charge is 0.123 e. The molecule has 0 bridgehead atoms. The molecule has 2 rings (SSSR count). The molecule has 3 nitrogen and oxygen atoms in total. The van der Waals surface area contributed by atoms with Crippen molar-refractivity contribution in [3.8, 4) is 5.75 Å². The Morgan fingerprint density at radius 1 is 1.40 bits per heavy atom. The second-order valence-corrected chi connectivity index (χ2v) is 5.71. The maximum absolute atomic E-state index is 13.2. The number of phenols is 1. The van der Waals surface area contributed by atoms with E-state index in [0.717, 1.165) is 13.1 Å². The predicted molar refractivity (Wildman–Crippen MR) is 79.3 cm³/mol. The number of hydrogen-bond acceptors (Lipinski definition) is 3. The van der Waals surface area contributed by atoms with Crippen molar-refractivity contribution in [2.45, 2.75) is 32.7 Å². The van der Waals surface area contributed by atoms with Crippen LogP contribution in [0.15, 0.2) is 18.2 Å². The van der Waals surface area contributed by atoms with Crippen LogP contribution >= 0.6 is 0 Å². The highest BCUT2D eigenvalue weighted by Crippen LogP contribution is 2.25. The SMILES string of the molecule is CCN1CCC(CNC(C)c2cc(F)ccc2O)CC1. The highest BCUT2D eigenvalue weighted by atomic mass is 19.1. The number of aromatic hydroxyl groups is 1. The van der Waals surface area contributed by atoms with Gasteiger partial charge >= 0.3 is 0 Å². The summed E-state index contributed by atoms with van der Waals surface area (Å²) in [6.45, 7) is 8.57. The molecule has 0 saturated carbocycles. The molecule has 1 aliphatic rings. The summed E-state index contributed by atoms with van der Waals surface area (Å²) >= 11 is 0. The summed E-state index contributed by atoms with van der Waals surface area (Å²) in [5.74, 6) is 0.533. The largest absolute Gasteiger partial charge is 0.508 e. The van der Waals surface area contributed by atoms with Crippen LogP contribution in [0.3, 0.4) is 0 Å². The number of likely N-dealkylation sites (tertiary alicyclic amines) is 1. The van der Waals surface area contributed by atoms with Gasteiger partial charge in [-0.1, -0.05) is 6.92 Å². The van der Waals surface area contributed by atoms with E-state index >= 15 is 0 Å². The minimum Gasteiger partial charge on any atom is -0.508 e. The zero-order valence-electron chi connectivity index (χ0n) is 12.4. The zero-order valence-corrected chi connectivity index (χ0v) is 12.4. The van der Waals surface area contributed by atoms with Crippen molar-refractivity contribution in [3.05, 3.63) is 29.6 Å². The summed E-state index contributed by atoms with van der Waals surface area (Å²) in [6.07, 6.45) is 2.42. The van der Waals surface area contributed by atoms with Crippen LogP contribution < -0.4 is 5.32 Å². The summed E-state index contributed by atoms with van der Waals surface area (Å²) in [5.41, 5.74) is 0.635. The lowest BCUT2D eigenvalue weighted by atomic mass is 9.96. The standard InChI is InChI=1S/C16H25FN2O/c1-3-19-8-6-13(7-9-19)11-18-12(2)15-10-14(17)4-5-16(15)20/h4-5,10,12-13,18,20H,3,6-9,11H2,1-2H3. The minimum absolute atomic E-state index is 0.0325. The lowest BCUT2D eigenvalue weighted by Crippen LogP contribution is -2.37. The van der Waals surface area contributed by atoms with Gasteiger partial charge in [-0.05, 0) is 70.1 Å². The van der Waals surface area contributed by atoms with Crippen molar-refractivity contribution < 1.29 is 9.50 Å². The Balaban J connectivity index is 1.83. The molecule has 2 N–H and O–H groups in total. The Kier molecular flexibility index (Phi) is 5.38. The Hall–Kier alpha value is -1.13. The highest BCUT2D eigenvalue weighted by Gasteiger charge is 2.19. The molecular formula is C16H25FN2O. The van der Waals surface area contributed by atoms with Gasteiger partial charge in [0.2, 0.25) is 0 Å². The molecule has 4 heteroatoms. The van der Waals surface area contributed by atoms with Crippen LogP contribution in [0.5, 0.6) is 5.75 Å². The summed E-state index contributed by atoms with van der Waals surface area (Å²) in [6, 6.07) is 4.08. The van der Waals surface area contributed by atoms with Crippen molar-refractivity contribution in [2.24, 2.45) is 5.92 Å². The monoisotopic (exact) mass is 280 g/mol. The summed E-state index contributed by atoms with van der Waals surface area (Å²) < 4.78 is 13.2. The first kappa shape index (κ1) is 15.3. The molecule has 1 heterocycles. The van der Waals surface area contributed by atoms with Crippen molar-refractivity contribution in [2.75, 3.05) is 26.2 Å². The molecule has 1 atom stereocenters. The molecule has 1 saturated heterocycles. The van der Waals surface area contributed by atoms with Crippen molar-refractivity contribution in [3.63, 3.8) is 0 Å². The molecule has 1 unspecified atom stereocenters. The first-order valence-electron chi connectivity index (χ1n) is 7.54. The summed E-state index contributed by atoms with van der Waals surface area (Å²) in [5, 5.41) is 13.2. The molecule has 0 aliphatic carbocycles. The molecular weight excluding hydrogens is 255 g/mol. The van der Waals surface area contributed by atoms with Crippen LogP contribution in [0.2, 0.25) is 0 Å². The predicted octanol–water partition coefficient (Wildman–Crippen LogP) is 2.91. The van der Waals surface area contributed by atoms with Crippen LogP contribution in [0, 0.1) is 11.7 Å². The van der Waals surface area contributed by atoms with Gasteiger partial charge in [-0.15, -0.1) is 0 Å². The van der Waals surface area contributed by atoms with Gasteiger partial charge in [-0.25, -0.2) is 4.39 Å². The van der Waals surface area contributed by atoms with Crippen LogP contribution in [0.25, 0.3) is 0 Å². The molecule has 112 valence electrons. The third-order valence-corrected chi connectivity index (χ3v) is 4.32. The Bertz CT molecular complexity index is 430. The third-order valence-electron chi connectivity index (χ3n) is 4.32. The lowest BCUT2D eigenvalue weighted by Gasteiger charge is -2.31. The lowest BCUT2D eigenvalue weighted by molar-refractivity contribution is 0.188. The van der Waals surface area contributed by atoms with Gasteiger partial charge in [-0.2, -0.15) is 0 Å². The van der Waals surface area contributed by atoms with E-state index in [1.54, 1.807) is 0 Å². The first-order chi connectivity index (χ1) is 9.60. The highest BCUT2D eigenvalue weighted by molar-refractivity contribution is 5.34. The normalized spacial score (nSPS) is 19.1. The number of halogens is 1. The van der Waals surface area contributed by atoms with Crippen LogP contribution in [-0.2, 0) is 0 Å². The maximum Gasteiger partial charge on any atom is 0.123 e. The molecule has 1 aliphatic heterocycles. The minimum atomic E-state index is -0.303. The van der Waals surface area contributed by atoms with E-state index < -0.39 is 0 Å². The van der Waals surface area contributed by atoms with E-state index in [1.165, 1.54) is 44.1 Å². The number of benzene rings is 1. The topological polar surface area (TPSA) is 35.5 Å². The number of rotatable bonds is 5. The van der Waals surface area contributed by atoms with Gasteiger partial charge in [0.25, 0.3) is 0 Å². The Morgan fingerprint density at radius 3 is 2.75 bits per heavy atom. The Morgan fingerprint density at radius 2 is 2.10 bits per heavy atom. The van der Waals surface area contributed by atoms with E-state index in [-0.39, 0.29) is 17.6 Å².